The van der Waals surface area contributed by atoms with Crippen molar-refractivity contribution in [1.82, 2.24) is 4.98 Å². The summed E-state index contributed by atoms with van der Waals surface area (Å²) >= 11 is 0. The number of carbonyl (C=O) groups excluding carboxylic acids is 1. The highest BCUT2D eigenvalue weighted by Gasteiger charge is 2.19. The van der Waals surface area contributed by atoms with Gasteiger partial charge in [-0.3, -0.25) is 0 Å². The van der Waals surface area contributed by atoms with Crippen LogP contribution in [0.4, 0.5) is 0 Å². The van der Waals surface area contributed by atoms with E-state index in [2.05, 4.69) is 4.98 Å². The average molecular weight is 234 g/mol. The van der Waals surface area contributed by atoms with E-state index in [0.717, 1.165) is 31.2 Å². The van der Waals surface area contributed by atoms with Gasteiger partial charge in [0.2, 0.25) is 0 Å². The number of rotatable bonds is 3. The van der Waals surface area contributed by atoms with Gasteiger partial charge in [0.25, 0.3) is 0 Å². The van der Waals surface area contributed by atoms with E-state index >= 15 is 0 Å². The average Bonchev–Trinajstić information content (AvgIpc) is 2.40. The molecule has 2 N–H and O–H groups in total. The van der Waals surface area contributed by atoms with E-state index in [0.29, 0.717) is 12.2 Å². The molecule has 4 heteroatoms. The van der Waals surface area contributed by atoms with Gasteiger partial charge in [-0.05, 0) is 37.3 Å². The second-order valence-corrected chi connectivity index (χ2v) is 4.42. The zero-order valence-corrected chi connectivity index (χ0v) is 9.89. The summed E-state index contributed by atoms with van der Waals surface area (Å²) in [6, 6.07) is 3.48. The Morgan fingerprint density at radius 2 is 2.12 bits per heavy atom. The van der Waals surface area contributed by atoms with E-state index in [-0.39, 0.29) is 12.1 Å². The van der Waals surface area contributed by atoms with Crippen LogP contribution in [-0.2, 0) is 11.3 Å². The molecular formula is C13H18N2O2. The molecule has 1 saturated carbocycles. The summed E-state index contributed by atoms with van der Waals surface area (Å²) in [6.07, 6.45) is 7.20. The molecule has 1 fully saturated rings. The van der Waals surface area contributed by atoms with Gasteiger partial charge in [0.15, 0.2) is 0 Å². The predicted molar refractivity (Wildman–Crippen MR) is 64.4 cm³/mol. The molecule has 0 spiro atoms. The normalized spacial score (nSPS) is 16.8. The number of carbonyl (C=O) groups is 1. The fourth-order valence-electron chi connectivity index (χ4n) is 2.06. The summed E-state index contributed by atoms with van der Waals surface area (Å²) in [6.45, 7) is 0.435. The first-order valence-corrected chi connectivity index (χ1v) is 6.15. The van der Waals surface area contributed by atoms with Gasteiger partial charge in [0, 0.05) is 12.7 Å². The van der Waals surface area contributed by atoms with Crippen molar-refractivity contribution < 1.29 is 9.53 Å². The number of aromatic nitrogens is 1. The van der Waals surface area contributed by atoms with Gasteiger partial charge in [-0.15, -0.1) is 0 Å². The second-order valence-electron chi connectivity index (χ2n) is 4.42. The number of hydrogen-bond acceptors (Lipinski definition) is 4. The third-order valence-corrected chi connectivity index (χ3v) is 3.10. The number of ether oxygens (including phenoxy) is 1. The van der Waals surface area contributed by atoms with Gasteiger partial charge < -0.3 is 10.5 Å². The molecule has 0 radical (unpaired) electrons. The standard InChI is InChI=1S/C13H18N2O2/c14-8-10-6-7-12(15-9-10)13(16)17-11-4-2-1-3-5-11/h6-7,9,11H,1-5,8,14H2. The fraction of sp³-hybridized carbons (Fsp3) is 0.538. The Hall–Kier alpha value is -1.42. The molecule has 0 aliphatic heterocycles. The summed E-state index contributed by atoms with van der Waals surface area (Å²) in [5.41, 5.74) is 6.75. The number of hydrogen-bond donors (Lipinski definition) is 1. The van der Waals surface area contributed by atoms with Gasteiger partial charge in [-0.25, -0.2) is 9.78 Å². The molecule has 2 rings (SSSR count). The quantitative estimate of drug-likeness (QED) is 0.813. The van der Waals surface area contributed by atoms with Gasteiger partial charge in [0.1, 0.15) is 11.8 Å². The summed E-state index contributed by atoms with van der Waals surface area (Å²) in [7, 11) is 0. The lowest BCUT2D eigenvalue weighted by atomic mass is 9.98. The Balaban J connectivity index is 1.93. The number of esters is 1. The Kier molecular flexibility index (Phi) is 4.09. The third-order valence-electron chi connectivity index (χ3n) is 3.10. The molecule has 0 unspecified atom stereocenters. The minimum Gasteiger partial charge on any atom is -0.458 e. The second kappa shape index (κ2) is 5.77. The molecule has 0 saturated heterocycles. The first kappa shape index (κ1) is 12.0. The van der Waals surface area contributed by atoms with Crippen LogP contribution in [0.1, 0.15) is 48.2 Å². The van der Waals surface area contributed by atoms with Crippen molar-refractivity contribution in [2.45, 2.75) is 44.8 Å². The maximum absolute atomic E-state index is 11.8. The highest BCUT2D eigenvalue weighted by molar-refractivity contribution is 5.87. The molecule has 0 bridgehead atoms. The van der Waals surface area contributed by atoms with Gasteiger partial charge in [-0.1, -0.05) is 12.5 Å². The van der Waals surface area contributed by atoms with E-state index in [1.165, 1.54) is 6.42 Å². The van der Waals surface area contributed by atoms with Crippen LogP contribution in [0, 0.1) is 0 Å². The molecule has 0 atom stereocenters. The van der Waals surface area contributed by atoms with Crippen LogP contribution in [0.2, 0.25) is 0 Å². The van der Waals surface area contributed by atoms with E-state index in [9.17, 15) is 4.79 Å². The van der Waals surface area contributed by atoms with Crippen molar-refractivity contribution in [3.05, 3.63) is 29.6 Å². The number of nitrogens with two attached hydrogens (primary N) is 1. The Bertz CT molecular complexity index is 370. The first-order valence-electron chi connectivity index (χ1n) is 6.15. The fourth-order valence-corrected chi connectivity index (χ4v) is 2.06. The van der Waals surface area contributed by atoms with Crippen molar-refractivity contribution in [1.29, 1.82) is 0 Å². The van der Waals surface area contributed by atoms with Crippen LogP contribution in [0.25, 0.3) is 0 Å². The SMILES string of the molecule is NCc1ccc(C(=O)OC2CCCCC2)nc1. The van der Waals surface area contributed by atoms with Crippen LogP contribution < -0.4 is 5.73 Å². The van der Waals surface area contributed by atoms with Gasteiger partial charge in [-0.2, -0.15) is 0 Å². The van der Waals surface area contributed by atoms with Crippen LogP contribution in [-0.4, -0.2) is 17.1 Å². The lowest BCUT2D eigenvalue weighted by molar-refractivity contribution is 0.0204. The van der Waals surface area contributed by atoms with Crippen molar-refractivity contribution in [3.8, 4) is 0 Å². The topological polar surface area (TPSA) is 65.2 Å². The zero-order chi connectivity index (χ0) is 12.1. The van der Waals surface area contributed by atoms with Crippen LogP contribution in [0.3, 0.4) is 0 Å². The molecule has 1 aromatic heterocycles. The highest BCUT2D eigenvalue weighted by Crippen LogP contribution is 2.21. The molecular weight excluding hydrogens is 216 g/mol. The monoisotopic (exact) mass is 234 g/mol. The van der Waals surface area contributed by atoms with E-state index in [1.54, 1.807) is 12.3 Å². The Morgan fingerprint density at radius 1 is 1.35 bits per heavy atom. The molecule has 17 heavy (non-hydrogen) atoms. The Morgan fingerprint density at radius 3 is 2.71 bits per heavy atom. The third kappa shape index (κ3) is 3.27. The molecule has 1 aromatic rings. The first-order chi connectivity index (χ1) is 8.29. The van der Waals surface area contributed by atoms with Crippen molar-refractivity contribution >= 4 is 5.97 Å². The van der Waals surface area contributed by atoms with E-state index in [4.69, 9.17) is 10.5 Å². The smallest absolute Gasteiger partial charge is 0.357 e. The molecule has 1 aliphatic rings. The lowest BCUT2D eigenvalue weighted by Crippen LogP contribution is -2.21. The minimum absolute atomic E-state index is 0.0761. The maximum atomic E-state index is 11.8. The number of pyridine rings is 1. The summed E-state index contributed by atoms with van der Waals surface area (Å²) in [5.74, 6) is -0.319. The maximum Gasteiger partial charge on any atom is 0.357 e. The molecule has 1 heterocycles. The molecule has 92 valence electrons. The van der Waals surface area contributed by atoms with E-state index < -0.39 is 0 Å². The Labute approximate surface area is 101 Å². The predicted octanol–water partition coefficient (Wildman–Crippen LogP) is 2.03. The highest BCUT2D eigenvalue weighted by atomic mass is 16.5. The van der Waals surface area contributed by atoms with Crippen LogP contribution in [0.15, 0.2) is 18.3 Å². The molecule has 1 aliphatic carbocycles. The van der Waals surface area contributed by atoms with Crippen molar-refractivity contribution in [3.63, 3.8) is 0 Å². The minimum atomic E-state index is -0.319. The summed E-state index contributed by atoms with van der Waals surface area (Å²) < 4.78 is 5.42. The summed E-state index contributed by atoms with van der Waals surface area (Å²) in [5, 5.41) is 0. The van der Waals surface area contributed by atoms with Crippen LogP contribution >= 0.6 is 0 Å². The number of nitrogens with zero attached hydrogens (tertiary/aromatic N) is 1. The molecule has 4 nitrogen and oxygen atoms in total. The zero-order valence-electron chi connectivity index (χ0n) is 9.89. The van der Waals surface area contributed by atoms with Crippen molar-refractivity contribution in [2.75, 3.05) is 0 Å². The van der Waals surface area contributed by atoms with Gasteiger partial charge >= 0.3 is 5.97 Å². The largest absolute Gasteiger partial charge is 0.458 e. The lowest BCUT2D eigenvalue weighted by Gasteiger charge is -2.21. The summed E-state index contributed by atoms with van der Waals surface area (Å²) in [4.78, 5) is 15.9. The van der Waals surface area contributed by atoms with Gasteiger partial charge in [0.05, 0.1) is 0 Å². The van der Waals surface area contributed by atoms with E-state index in [1.807, 2.05) is 6.07 Å². The van der Waals surface area contributed by atoms with Crippen LogP contribution in [0.5, 0.6) is 0 Å². The molecule has 0 aromatic carbocycles. The van der Waals surface area contributed by atoms with Crippen molar-refractivity contribution in [2.24, 2.45) is 5.73 Å². The molecule has 0 amide bonds.